The zero-order valence-electron chi connectivity index (χ0n) is 25.9. The van der Waals surface area contributed by atoms with Crippen molar-refractivity contribution in [3.8, 4) is 5.75 Å². The summed E-state index contributed by atoms with van der Waals surface area (Å²) in [5.74, 6) is 1.29. The highest BCUT2D eigenvalue weighted by atomic mass is 35.5. The van der Waals surface area contributed by atoms with Gasteiger partial charge in [0.1, 0.15) is 29.6 Å². The third kappa shape index (κ3) is 11.1. The molecule has 1 aromatic carbocycles. The fourth-order valence-electron chi connectivity index (χ4n) is 4.82. The molecule has 2 aromatic heterocycles. The Hall–Kier alpha value is -4.99. The number of halogens is 1. The second kappa shape index (κ2) is 18.2. The van der Waals surface area contributed by atoms with Crippen LogP contribution in [0.5, 0.6) is 5.75 Å². The predicted octanol–water partition coefficient (Wildman–Crippen LogP) is 4.36. The van der Waals surface area contributed by atoms with Crippen molar-refractivity contribution in [3.63, 3.8) is 0 Å². The van der Waals surface area contributed by atoms with E-state index in [0.717, 1.165) is 31.2 Å². The predicted molar refractivity (Wildman–Crippen MR) is 170 cm³/mol. The van der Waals surface area contributed by atoms with Crippen LogP contribution in [0, 0.1) is 10.1 Å². The lowest BCUT2D eigenvalue weighted by Crippen LogP contribution is -2.35. The third-order valence-corrected chi connectivity index (χ3v) is 7.50. The Labute approximate surface area is 276 Å². The molecule has 0 radical (unpaired) electrons. The number of rotatable bonds is 18. The van der Waals surface area contributed by atoms with Gasteiger partial charge in [0.2, 0.25) is 5.95 Å². The number of aromatic nitrogens is 4. The van der Waals surface area contributed by atoms with Crippen molar-refractivity contribution in [1.29, 1.82) is 0 Å². The van der Waals surface area contributed by atoms with Crippen LogP contribution >= 0.6 is 11.6 Å². The Balaban J connectivity index is 1.36. The number of benzene rings is 1. The van der Waals surface area contributed by atoms with E-state index in [0.29, 0.717) is 54.3 Å². The number of carbonyl (C=O) groups excluding carboxylic acids is 2. The van der Waals surface area contributed by atoms with E-state index in [1.165, 1.54) is 6.20 Å². The van der Waals surface area contributed by atoms with Crippen LogP contribution in [0.25, 0.3) is 0 Å². The standard InChI is InChI=1S/C30H37ClN8O8/c1-44-25-10-9-21(16-24(25)31)17-34-27-23(28(40)35-19-26-32-11-7-12-33-26)18-36-29(37-27)38-13-6-8-22(38)20-46-30(41)45-14-4-2-3-5-15-47-39(42)43/h7,9-12,16,18,22H,2-6,8,13-15,17,19-20H2,1H3,(H,35,40)(H,34,36,37)/t22-/m0/s1. The van der Waals surface area contributed by atoms with Crippen LogP contribution in [0.15, 0.2) is 42.9 Å². The van der Waals surface area contributed by atoms with Gasteiger partial charge in [-0.3, -0.25) is 4.79 Å². The van der Waals surface area contributed by atoms with Gasteiger partial charge >= 0.3 is 6.16 Å². The Kier molecular flexibility index (Phi) is 13.5. The minimum absolute atomic E-state index is 0.0478. The maximum Gasteiger partial charge on any atom is 0.508 e. The number of methoxy groups -OCH3 is 1. The van der Waals surface area contributed by atoms with E-state index in [-0.39, 0.29) is 38.0 Å². The molecule has 17 heteroatoms. The van der Waals surface area contributed by atoms with Gasteiger partial charge < -0.3 is 34.6 Å². The minimum Gasteiger partial charge on any atom is -0.495 e. The van der Waals surface area contributed by atoms with Crippen LogP contribution in [-0.2, 0) is 27.4 Å². The third-order valence-electron chi connectivity index (χ3n) is 7.21. The molecule has 1 saturated heterocycles. The first-order chi connectivity index (χ1) is 22.8. The molecule has 0 unspecified atom stereocenters. The van der Waals surface area contributed by atoms with Crippen LogP contribution in [0.3, 0.4) is 0 Å². The summed E-state index contributed by atoms with van der Waals surface area (Å²) in [7, 11) is 1.54. The topological polar surface area (TPSA) is 193 Å². The molecule has 0 spiro atoms. The lowest BCUT2D eigenvalue weighted by Gasteiger charge is -2.25. The molecule has 3 heterocycles. The van der Waals surface area contributed by atoms with Gasteiger partial charge in [0.15, 0.2) is 0 Å². The normalized spacial score (nSPS) is 13.9. The highest BCUT2D eigenvalue weighted by molar-refractivity contribution is 6.32. The quantitative estimate of drug-likeness (QED) is 0.0837. The monoisotopic (exact) mass is 672 g/mol. The van der Waals surface area contributed by atoms with Gasteiger partial charge in [0.25, 0.3) is 11.0 Å². The number of hydrogen-bond acceptors (Lipinski definition) is 14. The van der Waals surface area contributed by atoms with Crippen LogP contribution in [0.2, 0.25) is 5.02 Å². The number of unbranched alkanes of at least 4 members (excludes halogenated alkanes) is 3. The Bertz CT molecular complexity index is 1490. The lowest BCUT2D eigenvalue weighted by molar-refractivity contribution is -0.757. The highest BCUT2D eigenvalue weighted by Crippen LogP contribution is 2.27. The van der Waals surface area contributed by atoms with Crippen LogP contribution < -0.4 is 20.3 Å². The van der Waals surface area contributed by atoms with Gasteiger partial charge in [-0.1, -0.05) is 24.1 Å². The first-order valence-corrected chi connectivity index (χ1v) is 15.5. The number of ether oxygens (including phenoxy) is 3. The van der Waals surface area contributed by atoms with E-state index in [1.807, 2.05) is 11.0 Å². The Morgan fingerprint density at radius 2 is 1.87 bits per heavy atom. The summed E-state index contributed by atoms with van der Waals surface area (Å²) < 4.78 is 15.8. The van der Waals surface area contributed by atoms with Crippen molar-refractivity contribution in [2.45, 2.75) is 57.7 Å². The Morgan fingerprint density at radius 3 is 2.62 bits per heavy atom. The summed E-state index contributed by atoms with van der Waals surface area (Å²) in [6.45, 7) is 1.37. The maximum absolute atomic E-state index is 13.2. The summed E-state index contributed by atoms with van der Waals surface area (Å²) in [5, 5.41) is 15.8. The van der Waals surface area contributed by atoms with Crippen LogP contribution in [-0.4, -0.2) is 76.6 Å². The van der Waals surface area contributed by atoms with Crippen molar-refractivity contribution < 1.29 is 33.7 Å². The molecule has 1 atom stereocenters. The second-order valence-electron chi connectivity index (χ2n) is 10.5. The van der Waals surface area contributed by atoms with Crippen molar-refractivity contribution in [2.24, 2.45) is 0 Å². The summed E-state index contributed by atoms with van der Waals surface area (Å²) >= 11 is 6.31. The van der Waals surface area contributed by atoms with Gasteiger partial charge in [-0.05, 0) is 55.9 Å². The number of anilines is 2. The maximum atomic E-state index is 13.2. The van der Waals surface area contributed by atoms with E-state index in [4.69, 9.17) is 30.8 Å². The summed E-state index contributed by atoms with van der Waals surface area (Å²) in [5.41, 5.74) is 1.07. The molecule has 0 saturated carbocycles. The molecule has 0 bridgehead atoms. The van der Waals surface area contributed by atoms with Crippen molar-refractivity contribution in [3.05, 3.63) is 74.9 Å². The van der Waals surface area contributed by atoms with Crippen molar-refractivity contribution >= 4 is 35.4 Å². The summed E-state index contributed by atoms with van der Waals surface area (Å²) in [6, 6.07) is 6.89. The second-order valence-corrected chi connectivity index (χ2v) is 10.9. The molecule has 252 valence electrons. The molecular formula is C30H37ClN8O8. The first-order valence-electron chi connectivity index (χ1n) is 15.1. The molecule has 1 fully saturated rings. The number of nitrogens with zero attached hydrogens (tertiary/aromatic N) is 6. The molecule has 1 aliphatic heterocycles. The zero-order valence-corrected chi connectivity index (χ0v) is 26.7. The van der Waals surface area contributed by atoms with Crippen LogP contribution in [0.1, 0.15) is 60.3 Å². The molecule has 47 heavy (non-hydrogen) atoms. The van der Waals surface area contributed by atoms with E-state index in [2.05, 4.69) is 30.4 Å². The van der Waals surface area contributed by atoms with Gasteiger partial charge in [0, 0.05) is 31.7 Å². The summed E-state index contributed by atoms with van der Waals surface area (Å²) in [6.07, 6.45) is 8.06. The molecule has 4 rings (SSSR count). The van der Waals surface area contributed by atoms with Crippen LogP contribution in [0.4, 0.5) is 16.6 Å². The fourth-order valence-corrected chi connectivity index (χ4v) is 5.10. The van der Waals surface area contributed by atoms with Gasteiger partial charge in [-0.25, -0.2) is 19.7 Å². The van der Waals surface area contributed by atoms with Crippen molar-refractivity contribution in [2.75, 3.05) is 43.7 Å². The number of amides is 1. The van der Waals surface area contributed by atoms with Crippen molar-refractivity contribution in [1.82, 2.24) is 25.3 Å². The fraction of sp³-hybridized carbons (Fsp3) is 0.467. The first kappa shape index (κ1) is 34.9. The average Bonchev–Trinajstić information content (AvgIpc) is 3.55. The smallest absolute Gasteiger partial charge is 0.495 e. The molecule has 1 aliphatic rings. The lowest BCUT2D eigenvalue weighted by atomic mass is 10.2. The minimum atomic E-state index is -0.814. The average molecular weight is 673 g/mol. The molecule has 3 aromatic rings. The molecular weight excluding hydrogens is 636 g/mol. The molecule has 0 aliphatic carbocycles. The Morgan fingerprint density at radius 1 is 1.09 bits per heavy atom. The van der Waals surface area contributed by atoms with E-state index in [1.54, 1.807) is 37.7 Å². The van der Waals surface area contributed by atoms with E-state index < -0.39 is 17.1 Å². The number of carbonyl (C=O) groups is 2. The molecule has 2 N–H and O–H groups in total. The largest absolute Gasteiger partial charge is 0.508 e. The van der Waals surface area contributed by atoms with Gasteiger partial charge in [-0.2, -0.15) is 4.98 Å². The van der Waals surface area contributed by atoms with Gasteiger partial charge in [0.05, 0.1) is 37.9 Å². The molecule has 1 amide bonds. The van der Waals surface area contributed by atoms with E-state index in [9.17, 15) is 19.7 Å². The SMILES string of the molecule is COc1ccc(CNc2nc(N3CCC[C@H]3COC(=O)OCCCCCCO[N+](=O)[O-])ncc2C(=O)NCc2ncccn2)cc1Cl. The zero-order chi connectivity index (χ0) is 33.4. The number of hydrogen-bond donors (Lipinski definition) is 2. The summed E-state index contributed by atoms with van der Waals surface area (Å²) in [4.78, 5) is 59.3. The number of nitrogens with one attached hydrogen (secondary N) is 2. The highest BCUT2D eigenvalue weighted by Gasteiger charge is 2.29. The van der Waals surface area contributed by atoms with E-state index >= 15 is 0 Å². The van der Waals surface area contributed by atoms with Gasteiger partial charge in [-0.15, -0.1) is 10.1 Å². The molecule has 16 nitrogen and oxygen atoms in total.